The van der Waals surface area contributed by atoms with Gasteiger partial charge in [-0.25, -0.2) is 14.5 Å². The lowest BCUT2D eigenvalue weighted by molar-refractivity contribution is 0.0927. The number of fused-ring (bicyclic) bond motifs is 1. The van der Waals surface area contributed by atoms with Crippen LogP contribution in [0.5, 0.6) is 5.88 Å². The van der Waals surface area contributed by atoms with Crippen LogP contribution in [0.1, 0.15) is 22.0 Å². The Balaban J connectivity index is 1.79. The molecular weight excluding hydrogens is 333 g/mol. The van der Waals surface area contributed by atoms with Crippen molar-refractivity contribution in [3.63, 3.8) is 0 Å². The molecule has 132 valence electrons. The highest BCUT2D eigenvalue weighted by Crippen LogP contribution is 2.32. The van der Waals surface area contributed by atoms with E-state index in [0.717, 1.165) is 23.1 Å². The third-order valence-corrected chi connectivity index (χ3v) is 4.50. The number of rotatable bonds is 4. The highest BCUT2D eigenvalue weighted by atomic mass is 16.5. The minimum atomic E-state index is -0.0800. The zero-order valence-electron chi connectivity index (χ0n) is 14.6. The molecule has 0 N–H and O–H groups in total. The SMILES string of the molecule is Bc1cnc(OC)c(C2COCCN2c2ccn3ncc(C=O)c3n2)c1. The second-order valence-corrected chi connectivity index (χ2v) is 6.17. The minimum Gasteiger partial charge on any atom is -0.481 e. The van der Waals surface area contributed by atoms with Crippen molar-refractivity contribution in [1.82, 2.24) is 19.6 Å². The number of nitrogens with zero attached hydrogens (tertiary/aromatic N) is 5. The zero-order valence-corrected chi connectivity index (χ0v) is 14.6. The molecule has 0 radical (unpaired) electrons. The molecule has 0 aliphatic carbocycles. The molecule has 9 heteroatoms. The van der Waals surface area contributed by atoms with Gasteiger partial charge in [-0.2, -0.15) is 5.10 Å². The van der Waals surface area contributed by atoms with E-state index in [1.165, 1.54) is 6.20 Å². The summed E-state index contributed by atoms with van der Waals surface area (Å²) in [6, 6.07) is 3.87. The maximum atomic E-state index is 11.2. The standard InChI is InChI=1S/C17H18BN5O3/c1-25-17-13(6-12(18)8-19-17)14-10-26-5-4-22(14)15-2-3-23-16(21-15)11(9-24)7-20-23/h2-3,6-9,14H,4-5,10,18H2,1H3. The van der Waals surface area contributed by atoms with E-state index in [1.807, 2.05) is 20.1 Å². The first-order valence-corrected chi connectivity index (χ1v) is 8.35. The van der Waals surface area contributed by atoms with E-state index >= 15 is 0 Å². The van der Waals surface area contributed by atoms with Crippen molar-refractivity contribution in [2.45, 2.75) is 6.04 Å². The second-order valence-electron chi connectivity index (χ2n) is 6.17. The van der Waals surface area contributed by atoms with Gasteiger partial charge in [-0.3, -0.25) is 4.79 Å². The van der Waals surface area contributed by atoms with Crippen molar-refractivity contribution in [2.24, 2.45) is 0 Å². The van der Waals surface area contributed by atoms with Gasteiger partial charge in [-0.1, -0.05) is 11.5 Å². The number of anilines is 1. The number of hydrogen-bond donors (Lipinski definition) is 0. The summed E-state index contributed by atoms with van der Waals surface area (Å²) in [5.74, 6) is 1.34. The Morgan fingerprint density at radius 3 is 3.12 bits per heavy atom. The van der Waals surface area contributed by atoms with Crippen LogP contribution >= 0.6 is 0 Å². The van der Waals surface area contributed by atoms with E-state index in [-0.39, 0.29) is 6.04 Å². The molecule has 0 bridgehead atoms. The van der Waals surface area contributed by atoms with Gasteiger partial charge in [0.2, 0.25) is 5.88 Å². The molecule has 4 heterocycles. The molecule has 26 heavy (non-hydrogen) atoms. The van der Waals surface area contributed by atoms with Crippen LogP contribution in [0.4, 0.5) is 5.82 Å². The Hall–Kier alpha value is -2.94. The van der Waals surface area contributed by atoms with Crippen LogP contribution in [0.2, 0.25) is 0 Å². The molecule has 4 rings (SSSR count). The molecule has 1 atom stereocenters. The van der Waals surface area contributed by atoms with Gasteiger partial charge >= 0.3 is 0 Å². The van der Waals surface area contributed by atoms with Gasteiger partial charge in [-0.05, 0) is 6.07 Å². The Labute approximate surface area is 151 Å². The van der Waals surface area contributed by atoms with Gasteiger partial charge in [0, 0.05) is 24.5 Å². The molecule has 0 spiro atoms. The number of hydrogen-bond acceptors (Lipinski definition) is 7. The van der Waals surface area contributed by atoms with Crippen molar-refractivity contribution >= 4 is 31.1 Å². The number of carbonyl (C=O) groups excluding carboxylic acids is 1. The van der Waals surface area contributed by atoms with Gasteiger partial charge in [0.25, 0.3) is 0 Å². The van der Waals surface area contributed by atoms with Crippen molar-refractivity contribution < 1.29 is 14.3 Å². The fraction of sp³-hybridized carbons (Fsp3) is 0.294. The lowest BCUT2D eigenvalue weighted by Gasteiger charge is -2.37. The molecule has 0 saturated carbocycles. The van der Waals surface area contributed by atoms with Crippen LogP contribution in [0.25, 0.3) is 5.65 Å². The number of methoxy groups -OCH3 is 1. The Bertz CT molecular complexity index is 961. The number of pyridine rings is 1. The van der Waals surface area contributed by atoms with E-state index < -0.39 is 0 Å². The summed E-state index contributed by atoms with van der Waals surface area (Å²) in [5.41, 5.74) is 3.01. The molecule has 1 aliphatic rings. The first kappa shape index (κ1) is 16.5. The highest BCUT2D eigenvalue weighted by Gasteiger charge is 2.29. The van der Waals surface area contributed by atoms with Crippen molar-refractivity contribution in [3.8, 4) is 5.88 Å². The Morgan fingerprint density at radius 1 is 1.42 bits per heavy atom. The number of aromatic nitrogens is 4. The van der Waals surface area contributed by atoms with Gasteiger partial charge in [0.05, 0.1) is 38.1 Å². The highest BCUT2D eigenvalue weighted by molar-refractivity contribution is 6.32. The van der Waals surface area contributed by atoms with Crippen LogP contribution in [0, 0.1) is 0 Å². The van der Waals surface area contributed by atoms with Gasteiger partial charge in [-0.15, -0.1) is 0 Å². The van der Waals surface area contributed by atoms with Crippen molar-refractivity contribution in [2.75, 3.05) is 31.8 Å². The molecule has 3 aromatic heterocycles. The molecule has 1 unspecified atom stereocenters. The Morgan fingerprint density at radius 2 is 2.31 bits per heavy atom. The fourth-order valence-corrected chi connectivity index (χ4v) is 3.24. The number of carbonyl (C=O) groups is 1. The van der Waals surface area contributed by atoms with Crippen molar-refractivity contribution in [3.05, 3.63) is 41.9 Å². The van der Waals surface area contributed by atoms with E-state index in [9.17, 15) is 4.79 Å². The molecule has 1 aliphatic heterocycles. The quantitative estimate of drug-likeness (QED) is 0.475. The summed E-state index contributed by atoms with van der Waals surface area (Å²) in [7, 11) is 3.61. The van der Waals surface area contributed by atoms with E-state index in [1.54, 1.807) is 17.8 Å². The van der Waals surface area contributed by atoms with Crippen LogP contribution in [0.15, 0.2) is 30.7 Å². The maximum Gasteiger partial charge on any atom is 0.218 e. The largest absolute Gasteiger partial charge is 0.481 e. The van der Waals surface area contributed by atoms with Gasteiger partial charge in [0.15, 0.2) is 11.9 Å². The third-order valence-electron chi connectivity index (χ3n) is 4.50. The van der Waals surface area contributed by atoms with E-state index in [0.29, 0.717) is 36.8 Å². The van der Waals surface area contributed by atoms with E-state index in [2.05, 4.69) is 26.0 Å². The monoisotopic (exact) mass is 351 g/mol. The van der Waals surface area contributed by atoms with Crippen LogP contribution in [-0.2, 0) is 4.74 Å². The van der Waals surface area contributed by atoms with Gasteiger partial charge < -0.3 is 14.4 Å². The summed E-state index contributed by atoms with van der Waals surface area (Å²) >= 11 is 0. The Kier molecular flexibility index (Phi) is 4.30. The van der Waals surface area contributed by atoms with Gasteiger partial charge in [0.1, 0.15) is 13.7 Å². The lowest BCUT2D eigenvalue weighted by Crippen LogP contribution is -2.40. The van der Waals surface area contributed by atoms with Crippen LogP contribution in [-0.4, -0.2) is 60.6 Å². The molecule has 0 aromatic carbocycles. The van der Waals surface area contributed by atoms with Crippen LogP contribution < -0.4 is 15.1 Å². The molecule has 3 aromatic rings. The predicted molar refractivity (Wildman–Crippen MR) is 98.2 cm³/mol. The zero-order chi connectivity index (χ0) is 18.1. The molecule has 1 saturated heterocycles. The number of morpholine rings is 1. The molecule has 0 amide bonds. The molecule has 1 fully saturated rings. The fourth-order valence-electron chi connectivity index (χ4n) is 3.24. The summed E-state index contributed by atoms with van der Waals surface area (Å²) in [5, 5.41) is 4.14. The normalized spacial score (nSPS) is 17.4. The molecular formula is C17H18BN5O3. The minimum absolute atomic E-state index is 0.0800. The summed E-state index contributed by atoms with van der Waals surface area (Å²) in [6.07, 6.45) is 5.87. The third kappa shape index (κ3) is 2.80. The maximum absolute atomic E-state index is 11.2. The summed E-state index contributed by atoms with van der Waals surface area (Å²) in [6.45, 7) is 1.79. The topological polar surface area (TPSA) is 81.9 Å². The second kappa shape index (κ2) is 6.76. The lowest BCUT2D eigenvalue weighted by atomic mass is 9.94. The first-order valence-electron chi connectivity index (χ1n) is 8.35. The average Bonchev–Trinajstić information content (AvgIpc) is 3.10. The van der Waals surface area contributed by atoms with Crippen LogP contribution in [0.3, 0.4) is 0 Å². The average molecular weight is 351 g/mol. The van der Waals surface area contributed by atoms with Crippen molar-refractivity contribution in [1.29, 1.82) is 0 Å². The predicted octanol–water partition coefficient (Wildman–Crippen LogP) is -0.218. The first-order chi connectivity index (χ1) is 12.7. The number of ether oxygens (including phenoxy) is 2. The smallest absolute Gasteiger partial charge is 0.218 e. The molecule has 8 nitrogen and oxygen atoms in total. The van der Waals surface area contributed by atoms with E-state index in [4.69, 9.17) is 9.47 Å². The summed E-state index contributed by atoms with van der Waals surface area (Å²) < 4.78 is 12.8. The summed E-state index contributed by atoms with van der Waals surface area (Å²) in [4.78, 5) is 22.4. The number of aldehydes is 1.